The van der Waals surface area contributed by atoms with Crippen molar-refractivity contribution in [2.45, 2.75) is 27.7 Å². The van der Waals surface area contributed by atoms with Crippen molar-refractivity contribution < 1.29 is 0 Å². The number of hydrogen-bond donors (Lipinski definition) is 0. The van der Waals surface area contributed by atoms with Crippen LogP contribution in [-0.2, 0) is 0 Å². The van der Waals surface area contributed by atoms with Crippen molar-refractivity contribution in [1.29, 1.82) is 0 Å². The van der Waals surface area contributed by atoms with Gasteiger partial charge in [0.1, 0.15) is 0 Å². The zero-order chi connectivity index (χ0) is 9.28. The van der Waals surface area contributed by atoms with E-state index in [-0.39, 0.29) is 0 Å². The maximum atomic E-state index is 3.82. The lowest BCUT2D eigenvalue weighted by molar-refractivity contribution is 0.760. The van der Waals surface area contributed by atoms with Gasteiger partial charge in [-0.25, -0.2) is 0 Å². The Hall–Kier alpha value is -0.850. The van der Waals surface area contributed by atoms with E-state index < -0.39 is 0 Å². The van der Waals surface area contributed by atoms with Gasteiger partial charge in [0, 0.05) is 5.70 Å². The lowest BCUT2D eigenvalue weighted by Crippen LogP contribution is -1.88. The van der Waals surface area contributed by atoms with Gasteiger partial charge < -0.3 is 0 Å². The first-order valence-corrected chi connectivity index (χ1v) is 4.01. The predicted molar refractivity (Wildman–Crippen MR) is 54.0 cm³/mol. The maximum Gasteiger partial charge on any atom is 0.0421 e. The number of aliphatic imine (C=N–C) groups is 1. The molecule has 0 aromatic heterocycles. The van der Waals surface area contributed by atoms with Gasteiger partial charge in [-0.1, -0.05) is 40.3 Å². The molecule has 0 unspecified atom stereocenters. The van der Waals surface area contributed by atoms with Crippen molar-refractivity contribution in [3.63, 3.8) is 0 Å². The SMILES string of the molecule is C=C/C=C(\N=C)C(C)C.CC. The lowest BCUT2D eigenvalue weighted by atomic mass is 10.1. The van der Waals surface area contributed by atoms with E-state index in [2.05, 4.69) is 32.1 Å². The van der Waals surface area contributed by atoms with Crippen molar-refractivity contribution in [2.24, 2.45) is 10.9 Å². The molecule has 0 bridgehead atoms. The molecular weight excluding hydrogens is 134 g/mol. The molecule has 0 aromatic carbocycles. The summed E-state index contributed by atoms with van der Waals surface area (Å²) in [7, 11) is 0. The summed E-state index contributed by atoms with van der Waals surface area (Å²) >= 11 is 0. The van der Waals surface area contributed by atoms with Crippen LogP contribution in [-0.4, -0.2) is 6.72 Å². The summed E-state index contributed by atoms with van der Waals surface area (Å²) in [5.41, 5.74) is 0.991. The van der Waals surface area contributed by atoms with Crippen LogP contribution in [0, 0.1) is 5.92 Å². The Labute approximate surface area is 70.5 Å². The van der Waals surface area contributed by atoms with Crippen LogP contribution in [0.5, 0.6) is 0 Å². The van der Waals surface area contributed by atoms with Crippen molar-refractivity contribution in [1.82, 2.24) is 0 Å². The van der Waals surface area contributed by atoms with Gasteiger partial charge in [-0.3, -0.25) is 4.99 Å². The zero-order valence-electron chi connectivity index (χ0n) is 8.09. The van der Waals surface area contributed by atoms with E-state index in [4.69, 9.17) is 0 Å². The molecule has 0 aliphatic rings. The van der Waals surface area contributed by atoms with Gasteiger partial charge in [0.25, 0.3) is 0 Å². The Morgan fingerprint density at radius 3 is 1.91 bits per heavy atom. The van der Waals surface area contributed by atoms with Gasteiger partial charge in [0.15, 0.2) is 0 Å². The number of nitrogens with zero attached hydrogens (tertiary/aromatic N) is 1. The quantitative estimate of drug-likeness (QED) is 0.435. The highest BCUT2D eigenvalue weighted by atomic mass is 14.7. The summed E-state index contributed by atoms with van der Waals surface area (Å²) in [6.07, 6.45) is 3.60. The van der Waals surface area contributed by atoms with Crippen LogP contribution in [0.1, 0.15) is 27.7 Å². The average Bonchev–Trinajstić information content (AvgIpc) is 2.03. The molecule has 0 amide bonds. The van der Waals surface area contributed by atoms with Gasteiger partial charge in [0.2, 0.25) is 0 Å². The van der Waals surface area contributed by atoms with Gasteiger partial charge in [0.05, 0.1) is 0 Å². The van der Waals surface area contributed by atoms with Crippen LogP contribution in [0.4, 0.5) is 0 Å². The molecular formula is C10H19N. The first-order chi connectivity index (χ1) is 5.22. The third-order valence-electron chi connectivity index (χ3n) is 1.06. The molecule has 0 saturated carbocycles. The van der Waals surface area contributed by atoms with Gasteiger partial charge in [-0.05, 0) is 18.7 Å². The smallest absolute Gasteiger partial charge is 0.0421 e. The second kappa shape index (κ2) is 9.15. The fourth-order valence-electron chi connectivity index (χ4n) is 0.548. The van der Waals surface area contributed by atoms with E-state index in [0.717, 1.165) is 5.70 Å². The second-order valence-electron chi connectivity index (χ2n) is 2.14. The third kappa shape index (κ3) is 7.04. The molecule has 0 radical (unpaired) electrons. The summed E-state index contributed by atoms with van der Waals surface area (Å²) in [4.78, 5) is 3.82. The average molecular weight is 153 g/mol. The van der Waals surface area contributed by atoms with E-state index in [1.807, 2.05) is 19.9 Å². The Morgan fingerprint density at radius 2 is 1.82 bits per heavy atom. The minimum atomic E-state index is 0.445. The second-order valence-corrected chi connectivity index (χ2v) is 2.14. The minimum Gasteiger partial charge on any atom is -0.269 e. The largest absolute Gasteiger partial charge is 0.269 e. The summed E-state index contributed by atoms with van der Waals surface area (Å²) in [6, 6.07) is 0. The summed E-state index contributed by atoms with van der Waals surface area (Å²) in [5, 5.41) is 0. The molecule has 1 nitrogen and oxygen atoms in total. The van der Waals surface area contributed by atoms with Crippen LogP contribution in [0.25, 0.3) is 0 Å². The normalized spacial score (nSPS) is 10.1. The van der Waals surface area contributed by atoms with E-state index in [1.54, 1.807) is 6.08 Å². The van der Waals surface area contributed by atoms with Gasteiger partial charge >= 0.3 is 0 Å². The molecule has 0 rings (SSSR count). The molecule has 0 aliphatic carbocycles. The first kappa shape index (κ1) is 12.8. The fraction of sp³-hybridized carbons (Fsp3) is 0.500. The Bertz CT molecular complexity index is 132. The molecule has 0 aromatic rings. The van der Waals surface area contributed by atoms with E-state index >= 15 is 0 Å². The third-order valence-corrected chi connectivity index (χ3v) is 1.06. The predicted octanol–water partition coefficient (Wildman–Crippen LogP) is 3.44. The van der Waals surface area contributed by atoms with Crippen LogP contribution in [0.3, 0.4) is 0 Å². The van der Waals surface area contributed by atoms with Gasteiger partial charge in [-0.2, -0.15) is 0 Å². The summed E-state index contributed by atoms with van der Waals surface area (Å²) < 4.78 is 0. The first-order valence-electron chi connectivity index (χ1n) is 4.01. The molecule has 0 heterocycles. The van der Waals surface area contributed by atoms with Crippen LogP contribution in [0.15, 0.2) is 29.4 Å². The van der Waals surface area contributed by atoms with Crippen molar-refractivity contribution in [3.8, 4) is 0 Å². The number of hydrogen-bond acceptors (Lipinski definition) is 1. The Kier molecular flexibility index (Phi) is 10.6. The molecule has 0 aliphatic heterocycles. The van der Waals surface area contributed by atoms with Crippen molar-refractivity contribution in [2.75, 3.05) is 0 Å². The highest BCUT2D eigenvalue weighted by Gasteiger charge is 1.95. The maximum absolute atomic E-state index is 3.82. The highest BCUT2D eigenvalue weighted by molar-refractivity contribution is 5.30. The monoisotopic (exact) mass is 153 g/mol. The van der Waals surface area contributed by atoms with Crippen LogP contribution >= 0.6 is 0 Å². The molecule has 0 atom stereocenters. The zero-order valence-corrected chi connectivity index (χ0v) is 8.09. The van der Waals surface area contributed by atoms with E-state index in [9.17, 15) is 0 Å². The standard InChI is InChI=1S/C8H13N.C2H6/c1-5-6-8(9-4)7(2)3;1-2/h5-7H,1,4H2,2-3H3;1-2H3/b8-6-;. The van der Waals surface area contributed by atoms with Crippen LogP contribution in [0.2, 0.25) is 0 Å². The number of rotatable bonds is 3. The fourth-order valence-corrected chi connectivity index (χ4v) is 0.548. The minimum absolute atomic E-state index is 0.445. The summed E-state index contributed by atoms with van der Waals surface area (Å²) in [5.74, 6) is 0.445. The van der Waals surface area contributed by atoms with Crippen molar-refractivity contribution >= 4 is 6.72 Å². The molecule has 0 N–H and O–H groups in total. The molecule has 0 spiro atoms. The highest BCUT2D eigenvalue weighted by Crippen LogP contribution is 2.08. The molecule has 0 fully saturated rings. The Balaban J connectivity index is 0. The van der Waals surface area contributed by atoms with Crippen LogP contribution < -0.4 is 0 Å². The molecule has 64 valence electrons. The lowest BCUT2D eigenvalue weighted by Gasteiger charge is -2.01. The van der Waals surface area contributed by atoms with E-state index in [0.29, 0.717) is 5.92 Å². The molecule has 1 heteroatoms. The van der Waals surface area contributed by atoms with E-state index in [1.165, 1.54) is 0 Å². The molecule has 11 heavy (non-hydrogen) atoms. The molecule has 0 saturated heterocycles. The Morgan fingerprint density at radius 1 is 1.36 bits per heavy atom. The topological polar surface area (TPSA) is 12.4 Å². The summed E-state index contributed by atoms with van der Waals surface area (Å²) in [6.45, 7) is 15.1. The van der Waals surface area contributed by atoms with Crippen molar-refractivity contribution in [3.05, 3.63) is 24.4 Å². The van der Waals surface area contributed by atoms with Gasteiger partial charge in [-0.15, -0.1) is 0 Å². The number of allylic oxidation sites excluding steroid dienone is 3.